The van der Waals surface area contributed by atoms with Gasteiger partial charge in [-0.25, -0.2) is 4.98 Å². The minimum Gasteiger partial charge on any atom is -0.470 e. The molecule has 0 amide bonds. The van der Waals surface area contributed by atoms with Gasteiger partial charge in [0.15, 0.2) is 0 Å². The van der Waals surface area contributed by atoms with Gasteiger partial charge in [-0.05, 0) is 6.42 Å². The van der Waals surface area contributed by atoms with Crippen LogP contribution in [-0.4, -0.2) is 42.3 Å². The molecule has 8 heteroatoms. The highest BCUT2D eigenvalue weighted by Crippen LogP contribution is 2.31. The Hall–Kier alpha value is -1.96. The summed E-state index contributed by atoms with van der Waals surface area (Å²) in [7, 11) is 3.10. The van der Waals surface area contributed by atoms with Gasteiger partial charge in [-0.3, -0.25) is 10.1 Å². The molecule has 0 radical (unpaired) electrons. The molecule has 0 aromatic carbocycles. The van der Waals surface area contributed by atoms with Gasteiger partial charge < -0.3 is 14.8 Å². The molecule has 1 heterocycles. The number of aromatic nitrogens is 2. The van der Waals surface area contributed by atoms with Gasteiger partial charge in [0.05, 0.1) is 11.5 Å². The third-order valence-electron chi connectivity index (χ3n) is 2.32. The van der Waals surface area contributed by atoms with Gasteiger partial charge in [0, 0.05) is 20.6 Å². The molecule has 0 saturated heterocycles. The van der Waals surface area contributed by atoms with Crippen LogP contribution >= 0.6 is 0 Å². The normalized spacial score (nSPS) is 10.3. The van der Waals surface area contributed by atoms with Gasteiger partial charge in [0.1, 0.15) is 12.4 Å². The van der Waals surface area contributed by atoms with E-state index in [4.69, 9.17) is 9.47 Å². The molecule has 0 aliphatic rings. The number of hydrogen-bond donors (Lipinski definition) is 1. The van der Waals surface area contributed by atoms with Crippen LogP contribution in [0.2, 0.25) is 0 Å². The number of hydrogen-bond acceptors (Lipinski definition) is 7. The topological polar surface area (TPSA) is 99.4 Å². The number of anilines is 1. The predicted octanol–water partition coefficient (Wildman–Crippen LogP) is 1.40. The molecule has 19 heavy (non-hydrogen) atoms. The molecule has 0 fully saturated rings. The van der Waals surface area contributed by atoms with E-state index in [1.54, 1.807) is 7.05 Å². The van der Waals surface area contributed by atoms with Crippen LogP contribution in [0.25, 0.3) is 0 Å². The average molecular weight is 270 g/mol. The molecule has 1 aromatic heterocycles. The monoisotopic (exact) mass is 270 g/mol. The van der Waals surface area contributed by atoms with Crippen LogP contribution in [0, 0.1) is 10.1 Å². The Labute approximate surface area is 111 Å². The first-order valence-corrected chi connectivity index (χ1v) is 5.98. The van der Waals surface area contributed by atoms with Crippen LogP contribution in [0.3, 0.4) is 0 Å². The van der Waals surface area contributed by atoms with Crippen LogP contribution in [-0.2, 0) is 11.2 Å². The standard InChI is InChI=1S/C11H18N4O4/c1-4-5-8-13-10(12-2)9(15(16)17)11(14-8)19-7-6-18-3/h4-7H2,1-3H3,(H,12,13,14). The lowest BCUT2D eigenvalue weighted by molar-refractivity contribution is -0.385. The van der Waals surface area contributed by atoms with Gasteiger partial charge in [0.25, 0.3) is 5.88 Å². The van der Waals surface area contributed by atoms with Crippen LogP contribution in [0.1, 0.15) is 19.2 Å². The molecular formula is C11H18N4O4. The maximum absolute atomic E-state index is 11.1. The van der Waals surface area contributed by atoms with Crippen molar-refractivity contribution in [2.24, 2.45) is 0 Å². The van der Waals surface area contributed by atoms with Crippen LogP contribution in [0.15, 0.2) is 0 Å². The molecule has 0 unspecified atom stereocenters. The van der Waals surface area contributed by atoms with E-state index in [1.807, 2.05) is 6.92 Å². The summed E-state index contributed by atoms with van der Waals surface area (Å²) >= 11 is 0. The molecule has 0 spiro atoms. The summed E-state index contributed by atoms with van der Waals surface area (Å²) in [6.07, 6.45) is 1.48. The van der Waals surface area contributed by atoms with Gasteiger partial charge in [-0.2, -0.15) is 4.98 Å². The Bertz CT molecular complexity index is 439. The lowest BCUT2D eigenvalue weighted by atomic mass is 10.3. The molecule has 106 valence electrons. The fraction of sp³-hybridized carbons (Fsp3) is 0.636. The number of methoxy groups -OCH3 is 1. The van der Waals surface area contributed by atoms with E-state index in [1.165, 1.54) is 7.11 Å². The highest BCUT2D eigenvalue weighted by Gasteiger charge is 2.25. The van der Waals surface area contributed by atoms with E-state index in [2.05, 4.69) is 15.3 Å². The Morgan fingerprint density at radius 1 is 1.37 bits per heavy atom. The lowest BCUT2D eigenvalue weighted by Crippen LogP contribution is -2.11. The third kappa shape index (κ3) is 4.02. The minimum absolute atomic E-state index is 0.0233. The second-order valence-electron chi connectivity index (χ2n) is 3.74. The van der Waals surface area contributed by atoms with Crippen molar-refractivity contribution in [3.63, 3.8) is 0 Å². The molecule has 0 aliphatic carbocycles. The zero-order chi connectivity index (χ0) is 14.3. The fourth-order valence-corrected chi connectivity index (χ4v) is 1.48. The van der Waals surface area contributed by atoms with E-state index in [-0.39, 0.29) is 24.0 Å². The Morgan fingerprint density at radius 2 is 2.11 bits per heavy atom. The van der Waals surface area contributed by atoms with Crippen molar-refractivity contribution in [3.05, 3.63) is 15.9 Å². The summed E-state index contributed by atoms with van der Waals surface area (Å²) in [5.41, 5.74) is -0.251. The number of rotatable bonds is 8. The number of nitro groups is 1. The highest BCUT2D eigenvalue weighted by atomic mass is 16.6. The van der Waals surface area contributed by atoms with Crippen molar-refractivity contribution in [1.29, 1.82) is 0 Å². The van der Waals surface area contributed by atoms with Crippen LogP contribution < -0.4 is 10.1 Å². The molecule has 1 N–H and O–H groups in total. The number of ether oxygens (including phenoxy) is 2. The van der Waals surface area contributed by atoms with Crippen molar-refractivity contribution in [2.75, 3.05) is 32.7 Å². The molecule has 1 rings (SSSR count). The van der Waals surface area contributed by atoms with Gasteiger partial charge in [-0.15, -0.1) is 0 Å². The van der Waals surface area contributed by atoms with E-state index in [9.17, 15) is 10.1 Å². The number of nitrogens with zero attached hydrogens (tertiary/aromatic N) is 3. The van der Waals surface area contributed by atoms with Crippen molar-refractivity contribution >= 4 is 11.5 Å². The van der Waals surface area contributed by atoms with Crippen LogP contribution in [0.4, 0.5) is 11.5 Å². The highest BCUT2D eigenvalue weighted by molar-refractivity contribution is 5.61. The summed E-state index contributed by atoms with van der Waals surface area (Å²) in [6.45, 7) is 2.51. The SMILES string of the molecule is CCCc1nc(NC)c([N+](=O)[O-])c(OCCOC)n1. The second kappa shape index (κ2) is 7.47. The molecule has 0 bridgehead atoms. The molecule has 0 aliphatic heterocycles. The summed E-state index contributed by atoms with van der Waals surface area (Å²) in [6, 6.07) is 0. The summed E-state index contributed by atoms with van der Waals surface area (Å²) in [5, 5.41) is 13.8. The number of aryl methyl sites for hydroxylation is 1. The third-order valence-corrected chi connectivity index (χ3v) is 2.32. The zero-order valence-electron chi connectivity index (χ0n) is 11.3. The second-order valence-corrected chi connectivity index (χ2v) is 3.74. The van der Waals surface area contributed by atoms with Gasteiger partial charge >= 0.3 is 5.69 Å². The summed E-state index contributed by atoms with van der Waals surface area (Å²) in [4.78, 5) is 18.7. The summed E-state index contributed by atoms with van der Waals surface area (Å²) in [5.74, 6) is 0.658. The largest absolute Gasteiger partial charge is 0.470 e. The fourth-order valence-electron chi connectivity index (χ4n) is 1.48. The van der Waals surface area contributed by atoms with Crippen molar-refractivity contribution in [1.82, 2.24) is 9.97 Å². The minimum atomic E-state index is -0.552. The van der Waals surface area contributed by atoms with E-state index < -0.39 is 4.92 Å². The van der Waals surface area contributed by atoms with Gasteiger partial charge in [0.2, 0.25) is 5.82 Å². The molecular weight excluding hydrogens is 252 g/mol. The predicted molar refractivity (Wildman–Crippen MR) is 69.6 cm³/mol. The lowest BCUT2D eigenvalue weighted by Gasteiger charge is -2.09. The Morgan fingerprint density at radius 3 is 2.63 bits per heavy atom. The van der Waals surface area contributed by atoms with Crippen LogP contribution in [0.5, 0.6) is 5.88 Å². The quantitative estimate of drug-likeness (QED) is 0.433. The average Bonchev–Trinajstić information content (AvgIpc) is 2.38. The first-order valence-electron chi connectivity index (χ1n) is 5.98. The Kier molecular flexibility index (Phi) is 5.94. The maximum atomic E-state index is 11.1. The van der Waals surface area contributed by atoms with Crippen molar-refractivity contribution < 1.29 is 14.4 Å². The first kappa shape index (κ1) is 15.1. The van der Waals surface area contributed by atoms with E-state index in [0.717, 1.165) is 6.42 Å². The first-order chi connectivity index (χ1) is 9.13. The summed E-state index contributed by atoms with van der Waals surface area (Å²) < 4.78 is 10.2. The van der Waals surface area contributed by atoms with E-state index in [0.29, 0.717) is 18.9 Å². The molecule has 0 atom stereocenters. The Balaban J connectivity index is 3.12. The van der Waals surface area contributed by atoms with Crippen molar-refractivity contribution in [3.8, 4) is 5.88 Å². The smallest absolute Gasteiger partial charge is 0.372 e. The van der Waals surface area contributed by atoms with Gasteiger partial charge in [-0.1, -0.05) is 6.92 Å². The maximum Gasteiger partial charge on any atom is 0.372 e. The van der Waals surface area contributed by atoms with E-state index >= 15 is 0 Å². The zero-order valence-corrected chi connectivity index (χ0v) is 11.3. The molecule has 0 saturated carbocycles. The molecule has 1 aromatic rings. The molecule has 8 nitrogen and oxygen atoms in total. The van der Waals surface area contributed by atoms with Crippen molar-refractivity contribution in [2.45, 2.75) is 19.8 Å². The number of nitrogens with one attached hydrogen (secondary N) is 1.